The number of rotatable bonds is 6. The third-order valence-electron chi connectivity index (χ3n) is 2.78. The van der Waals surface area contributed by atoms with Crippen LogP contribution in [0.2, 0.25) is 0 Å². The van der Waals surface area contributed by atoms with Crippen molar-refractivity contribution in [2.45, 2.75) is 20.8 Å². The van der Waals surface area contributed by atoms with Gasteiger partial charge in [0.15, 0.2) is 6.21 Å². The first-order valence-electron chi connectivity index (χ1n) is 6.68. The number of hydrogen-bond donors (Lipinski definition) is 3. The summed E-state index contributed by atoms with van der Waals surface area (Å²) in [6, 6.07) is 8.42. The zero-order valence-electron chi connectivity index (χ0n) is 11.9. The Bertz CT molecular complexity index is 410. The van der Waals surface area contributed by atoms with Crippen LogP contribution in [-0.4, -0.2) is 31.0 Å². The summed E-state index contributed by atoms with van der Waals surface area (Å²) in [5.41, 5.74) is 5.24. The summed E-state index contributed by atoms with van der Waals surface area (Å²) in [5.74, 6) is 0. The van der Waals surface area contributed by atoms with Crippen LogP contribution in [0.1, 0.15) is 26.3 Å². The van der Waals surface area contributed by atoms with E-state index >= 15 is 0 Å². The summed E-state index contributed by atoms with van der Waals surface area (Å²) >= 11 is 5.04. The van der Waals surface area contributed by atoms with E-state index in [4.69, 9.17) is 12.2 Å². The fraction of sp³-hybridized carbons (Fsp3) is 0.429. The largest absolute Gasteiger partial charge is 0.372 e. The molecule has 0 bridgehead atoms. The molecule has 0 aliphatic carbocycles. The molecule has 0 radical (unpaired) electrons. The second-order valence-corrected chi connectivity index (χ2v) is 4.45. The average molecular weight is 279 g/mol. The van der Waals surface area contributed by atoms with Crippen LogP contribution in [0.4, 0.5) is 5.69 Å². The lowest BCUT2D eigenvalue weighted by Crippen LogP contribution is -2.82. The maximum absolute atomic E-state index is 5.04. The van der Waals surface area contributed by atoms with E-state index in [0.29, 0.717) is 5.11 Å². The molecule has 0 amide bonds. The molecule has 0 aliphatic rings. The van der Waals surface area contributed by atoms with Crippen molar-refractivity contribution in [1.82, 2.24) is 10.7 Å². The van der Waals surface area contributed by atoms with E-state index in [9.17, 15) is 0 Å². The first-order chi connectivity index (χ1) is 9.21. The minimum absolute atomic E-state index is 0.596. The maximum Gasteiger partial charge on any atom is 0.223 e. The molecule has 0 fully saturated rings. The van der Waals surface area contributed by atoms with E-state index < -0.39 is 0 Å². The van der Waals surface area contributed by atoms with Crippen molar-refractivity contribution < 1.29 is 5.10 Å². The van der Waals surface area contributed by atoms with E-state index in [1.165, 1.54) is 5.69 Å². The molecule has 0 saturated carbocycles. The standard InChI is InChI=1S/C14H22N4S/c1-4-15-14(19)17-16-11-12-7-9-13(10-8-12)18(5-2)6-3/h7-11H,4-6H2,1-3H3,(H2,15,17,19)/p+1. The Balaban J connectivity index is 2.57. The molecule has 5 heteroatoms. The summed E-state index contributed by atoms with van der Waals surface area (Å²) < 4.78 is 0. The molecule has 0 saturated heterocycles. The third kappa shape index (κ3) is 5.26. The van der Waals surface area contributed by atoms with Crippen LogP contribution in [0.3, 0.4) is 0 Å². The van der Waals surface area contributed by atoms with Crippen molar-refractivity contribution in [3.63, 3.8) is 0 Å². The van der Waals surface area contributed by atoms with Gasteiger partial charge in [-0.25, -0.2) is 0 Å². The number of nitrogens with zero attached hydrogens (tertiary/aromatic N) is 1. The van der Waals surface area contributed by atoms with Crippen molar-refractivity contribution in [1.29, 1.82) is 0 Å². The molecule has 0 heterocycles. The topological polar surface area (TPSA) is 41.3 Å². The van der Waals surface area contributed by atoms with Gasteiger partial charge in [0.2, 0.25) is 5.11 Å². The molecule has 3 N–H and O–H groups in total. The molecule has 1 rings (SSSR count). The lowest BCUT2D eigenvalue weighted by Gasteiger charge is -2.20. The molecule has 0 unspecified atom stereocenters. The molecule has 104 valence electrons. The fourth-order valence-electron chi connectivity index (χ4n) is 1.76. The zero-order chi connectivity index (χ0) is 14.1. The van der Waals surface area contributed by atoms with Crippen LogP contribution in [0.25, 0.3) is 0 Å². The van der Waals surface area contributed by atoms with Crippen molar-refractivity contribution in [2.24, 2.45) is 0 Å². The van der Waals surface area contributed by atoms with E-state index in [1.807, 2.05) is 13.1 Å². The maximum atomic E-state index is 5.04. The number of nitrogens with one attached hydrogen (secondary N) is 3. The van der Waals surface area contributed by atoms with Crippen molar-refractivity contribution in [3.8, 4) is 0 Å². The Morgan fingerprint density at radius 1 is 1.21 bits per heavy atom. The monoisotopic (exact) mass is 279 g/mol. The van der Waals surface area contributed by atoms with Gasteiger partial charge in [-0.1, -0.05) is 0 Å². The van der Waals surface area contributed by atoms with Crippen LogP contribution >= 0.6 is 12.2 Å². The van der Waals surface area contributed by atoms with Crippen LogP contribution in [-0.2, 0) is 0 Å². The quantitative estimate of drug-likeness (QED) is 0.401. The number of thiocarbonyl (C=S) groups is 1. The van der Waals surface area contributed by atoms with E-state index in [-0.39, 0.29) is 0 Å². The highest BCUT2D eigenvalue weighted by molar-refractivity contribution is 7.80. The van der Waals surface area contributed by atoms with Crippen molar-refractivity contribution in [2.75, 3.05) is 24.5 Å². The highest BCUT2D eigenvalue weighted by atomic mass is 32.1. The lowest BCUT2D eigenvalue weighted by atomic mass is 10.2. The predicted octanol–water partition coefficient (Wildman–Crippen LogP) is 0.431. The van der Waals surface area contributed by atoms with Gasteiger partial charge in [0.25, 0.3) is 0 Å². The van der Waals surface area contributed by atoms with Crippen LogP contribution < -0.4 is 20.7 Å². The summed E-state index contributed by atoms with van der Waals surface area (Å²) in [6.07, 6.45) is 1.88. The predicted molar refractivity (Wildman–Crippen MR) is 85.5 cm³/mol. The van der Waals surface area contributed by atoms with Gasteiger partial charge in [0, 0.05) is 30.9 Å². The van der Waals surface area contributed by atoms with Gasteiger partial charge in [0.1, 0.15) is 0 Å². The van der Waals surface area contributed by atoms with E-state index in [0.717, 1.165) is 25.2 Å². The number of anilines is 1. The number of hydrazone groups is 1. The summed E-state index contributed by atoms with van der Waals surface area (Å²) in [7, 11) is 0. The van der Waals surface area contributed by atoms with Gasteiger partial charge in [-0.2, -0.15) is 0 Å². The molecule has 1 aromatic rings. The van der Waals surface area contributed by atoms with Crippen LogP contribution in [0, 0.1) is 0 Å². The smallest absolute Gasteiger partial charge is 0.223 e. The van der Waals surface area contributed by atoms with Crippen molar-refractivity contribution >= 4 is 29.2 Å². The highest BCUT2D eigenvalue weighted by Gasteiger charge is 2.01. The SMILES string of the molecule is CCNC(=S)N[NH+]=Cc1ccc(N(CC)CC)cc1. The normalized spacial score (nSPS) is 10.5. The Labute approximate surface area is 120 Å². The molecular formula is C14H23N4S+. The number of hydrazine groups is 1. The molecule has 0 spiro atoms. The number of hydrogen-bond acceptors (Lipinski definition) is 2. The zero-order valence-corrected chi connectivity index (χ0v) is 12.7. The van der Waals surface area contributed by atoms with Crippen LogP contribution in [0.5, 0.6) is 0 Å². The van der Waals surface area contributed by atoms with Gasteiger partial charge >= 0.3 is 0 Å². The third-order valence-corrected chi connectivity index (χ3v) is 3.03. The minimum atomic E-state index is 0.596. The van der Waals surface area contributed by atoms with Gasteiger partial charge in [-0.3, -0.25) is 0 Å². The molecule has 0 aliphatic heterocycles. The van der Waals surface area contributed by atoms with Gasteiger partial charge in [-0.15, -0.1) is 10.5 Å². The summed E-state index contributed by atoms with van der Waals surface area (Å²) in [5, 5.41) is 6.57. The summed E-state index contributed by atoms with van der Waals surface area (Å²) in [6.45, 7) is 9.19. The summed E-state index contributed by atoms with van der Waals surface area (Å²) in [4.78, 5) is 2.32. The Morgan fingerprint density at radius 2 is 1.84 bits per heavy atom. The van der Waals surface area contributed by atoms with Gasteiger partial charge in [-0.05, 0) is 57.3 Å². The Morgan fingerprint density at radius 3 is 2.37 bits per heavy atom. The van der Waals surface area contributed by atoms with Gasteiger partial charge < -0.3 is 10.2 Å². The fourth-order valence-corrected chi connectivity index (χ4v) is 1.96. The second kappa shape index (κ2) is 8.48. The lowest BCUT2D eigenvalue weighted by molar-refractivity contribution is -0.500. The van der Waals surface area contributed by atoms with E-state index in [1.54, 1.807) is 0 Å². The number of benzene rings is 1. The first kappa shape index (κ1) is 15.4. The average Bonchev–Trinajstić information content (AvgIpc) is 2.42. The van der Waals surface area contributed by atoms with E-state index in [2.05, 4.69) is 58.9 Å². The minimum Gasteiger partial charge on any atom is -0.372 e. The highest BCUT2D eigenvalue weighted by Crippen LogP contribution is 2.13. The molecule has 19 heavy (non-hydrogen) atoms. The first-order valence-corrected chi connectivity index (χ1v) is 7.09. The molecular weight excluding hydrogens is 256 g/mol. The van der Waals surface area contributed by atoms with Gasteiger partial charge in [0.05, 0.1) is 0 Å². The second-order valence-electron chi connectivity index (χ2n) is 4.04. The molecule has 0 aromatic heterocycles. The Kier molecular flexibility index (Phi) is 6.89. The Hall–Kier alpha value is -1.62. The van der Waals surface area contributed by atoms with Crippen molar-refractivity contribution in [3.05, 3.63) is 29.8 Å². The molecule has 4 nitrogen and oxygen atoms in total. The molecule has 0 atom stereocenters. The molecule has 1 aromatic carbocycles. The van der Waals surface area contributed by atoms with Crippen LogP contribution in [0.15, 0.2) is 24.3 Å².